The van der Waals surface area contributed by atoms with Crippen molar-refractivity contribution >= 4 is 23.3 Å². The molecule has 1 aromatic heterocycles. The van der Waals surface area contributed by atoms with E-state index in [0.717, 1.165) is 16.8 Å². The molecule has 4 rings (SSSR count). The van der Waals surface area contributed by atoms with Crippen molar-refractivity contribution in [2.45, 2.75) is 6.04 Å². The highest BCUT2D eigenvalue weighted by atomic mass is 35.5. The molecule has 0 radical (unpaired) electrons. The number of anilines is 1. The third kappa shape index (κ3) is 2.77. The van der Waals surface area contributed by atoms with Crippen LogP contribution in [0.15, 0.2) is 64.2 Å². The van der Waals surface area contributed by atoms with Crippen LogP contribution in [-0.4, -0.2) is 28.4 Å². The first-order valence-corrected chi connectivity index (χ1v) is 7.85. The van der Waals surface area contributed by atoms with E-state index in [4.69, 9.17) is 21.9 Å². The Morgan fingerprint density at radius 3 is 2.54 bits per heavy atom. The molecule has 6 nitrogen and oxygen atoms in total. The van der Waals surface area contributed by atoms with E-state index in [2.05, 4.69) is 15.2 Å². The molecule has 0 amide bonds. The van der Waals surface area contributed by atoms with Crippen molar-refractivity contribution in [1.82, 2.24) is 10.1 Å². The van der Waals surface area contributed by atoms with Gasteiger partial charge in [0, 0.05) is 10.6 Å². The molecule has 0 aliphatic carbocycles. The summed E-state index contributed by atoms with van der Waals surface area (Å²) in [5.41, 5.74) is 8.77. The van der Waals surface area contributed by atoms with Gasteiger partial charge in [-0.05, 0) is 35.0 Å². The fraction of sp³-hybridized carbons (Fsp3) is 0.118. The molecule has 3 aromatic rings. The molecule has 2 N–H and O–H groups in total. The normalized spacial score (nSPS) is 17.2. The zero-order chi connectivity index (χ0) is 16.5. The van der Waals surface area contributed by atoms with E-state index in [1.165, 1.54) is 0 Å². The molecule has 1 atom stereocenters. The molecule has 120 valence electrons. The van der Waals surface area contributed by atoms with Crippen molar-refractivity contribution in [3.05, 3.63) is 65.2 Å². The smallest absolute Gasteiger partial charge is 0.286 e. The first-order valence-electron chi connectivity index (χ1n) is 7.47. The standard InChI is InChI=1S/C17H14ClN5O/c18-13-8-6-11(7-9-13)15-14(19)10-23(21-15)17-20-16(24-22-17)12-4-2-1-3-5-12/h1-9,14H,10,19H2. The highest BCUT2D eigenvalue weighted by molar-refractivity contribution is 6.30. The maximum atomic E-state index is 6.20. The number of hydrazone groups is 1. The highest BCUT2D eigenvalue weighted by Gasteiger charge is 2.28. The lowest BCUT2D eigenvalue weighted by Gasteiger charge is -2.07. The van der Waals surface area contributed by atoms with Gasteiger partial charge in [-0.3, -0.25) is 0 Å². The Hall–Kier alpha value is -2.70. The fourth-order valence-electron chi connectivity index (χ4n) is 2.56. The molecule has 1 aliphatic heterocycles. The van der Waals surface area contributed by atoms with Crippen molar-refractivity contribution in [3.8, 4) is 11.5 Å². The summed E-state index contributed by atoms with van der Waals surface area (Å²) >= 11 is 5.93. The number of aromatic nitrogens is 2. The Morgan fingerprint density at radius 1 is 1.04 bits per heavy atom. The minimum absolute atomic E-state index is 0.232. The largest absolute Gasteiger partial charge is 0.332 e. The van der Waals surface area contributed by atoms with E-state index >= 15 is 0 Å². The van der Waals surface area contributed by atoms with E-state index in [0.29, 0.717) is 23.4 Å². The summed E-state index contributed by atoms with van der Waals surface area (Å²) in [5, 5.41) is 10.9. The average molecular weight is 340 g/mol. The SMILES string of the molecule is NC1CN(c2noc(-c3ccccc3)n2)N=C1c1ccc(Cl)cc1. The lowest BCUT2D eigenvalue weighted by molar-refractivity contribution is 0.429. The molecule has 0 bridgehead atoms. The predicted molar refractivity (Wildman–Crippen MR) is 93.0 cm³/mol. The van der Waals surface area contributed by atoms with Gasteiger partial charge in [0.05, 0.1) is 18.3 Å². The average Bonchev–Trinajstić information content (AvgIpc) is 3.23. The maximum absolute atomic E-state index is 6.20. The Morgan fingerprint density at radius 2 is 1.79 bits per heavy atom. The van der Waals surface area contributed by atoms with Crippen LogP contribution >= 0.6 is 11.6 Å². The number of hydrogen-bond acceptors (Lipinski definition) is 6. The van der Waals surface area contributed by atoms with Gasteiger partial charge in [0.1, 0.15) is 0 Å². The summed E-state index contributed by atoms with van der Waals surface area (Å²) in [6.07, 6.45) is 0. The monoisotopic (exact) mass is 339 g/mol. The number of nitrogens with zero attached hydrogens (tertiary/aromatic N) is 4. The van der Waals surface area contributed by atoms with Crippen LogP contribution in [0.2, 0.25) is 5.02 Å². The van der Waals surface area contributed by atoms with E-state index in [1.807, 2.05) is 54.6 Å². The van der Waals surface area contributed by atoms with Crippen molar-refractivity contribution in [3.63, 3.8) is 0 Å². The van der Waals surface area contributed by atoms with Crippen molar-refractivity contribution in [2.75, 3.05) is 11.6 Å². The van der Waals surface area contributed by atoms with Crippen LogP contribution in [0.3, 0.4) is 0 Å². The molecule has 2 heterocycles. The molecule has 0 spiro atoms. The van der Waals surface area contributed by atoms with E-state index in [-0.39, 0.29) is 6.04 Å². The van der Waals surface area contributed by atoms with Gasteiger partial charge in [-0.15, -0.1) is 0 Å². The van der Waals surface area contributed by atoms with E-state index < -0.39 is 0 Å². The van der Waals surface area contributed by atoms with Gasteiger partial charge >= 0.3 is 0 Å². The summed E-state index contributed by atoms with van der Waals surface area (Å²) in [6.45, 7) is 0.492. The first kappa shape index (κ1) is 14.9. The summed E-state index contributed by atoms with van der Waals surface area (Å²) in [6, 6.07) is 16.8. The van der Waals surface area contributed by atoms with Crippen molar-refractivity contribution in [1.29, 1.82) is 0 Å². The topological polar surface area (TPSA) is 80.5 Å². The first-order chi connectivity index (χ1) is 11.7. The molecule has 1 aliphatic rings. The Kier molecular flexibility index (Phi) is 3.76. The van der Waals surface area contributed by atoms with Gasteiger partial charge < -0.3 is 10.3 Å². The van der Waals surface area contributed by atoms with Gasteiger partial charge in [0.15, 0.2) is 0 Å². The third-order valence-electron chi connectivity index (χ3n) is 3.76. The predicted octanol–water partition coefficient (Wildman–Crippen LogP) is 2.94. The van der Waals surface area contributed by atoms with Gasteiger partial charge in [-0.1, -0.05) is 41.9 Å². The number of benzene rings is 2. The lowest BCUT2D eigenvalue weighted by atomic mass is 10.1. The van der Waals surface area contributed by atoms with Crippen LogP contribution in [0.25, 0.3) is 11.5 Å². The number of rotatable bonds is 3. The summed E-state index contributed by atoms with van der Waals surface area (Å²) < 4.78 is 5.32. The molecule has 7 heteroatoms. The van der Waals surface area contributed by atoms with Gasteiger partial charge in [0.25, 0.3) is 11.8 Å². The second kappa shape index (κ2) is 6.07. The Labute approximate surface area is 143 Å². The zero-order valence-corrected chi connectivity index (χ0v) is 13.4. The summed E-state index contributed by atoms with van der Waals surface area (Å²) in [5.74, 6) is 0.850. The van der Waals surface area contributed by atoms with Gasteiger partial charge in [-0.25, -0.2) is 5.01 Å². The number of hydrogen-bond donors (Lipinski definition) is 1. The van der Waals surface area contributed by atoms with Crippen LogP contribution in [0.1, 0.15) is 5.56 Å². The quantitative estimate of drug-likeness (QED) is 0.793. The third-order valence-corrected chi connectivity index (χ3v) is 4.01. The summed E-state index contributed by atoms with van der Waals surface area (Å²) in [7, 11) is 0. The fourth-order valence-corrected chi connectivity index (χ4v) is 2.68. The molecule has 0 saturated heterocycles. The summed E-state index contributed by atoms with van der Waals surface area (Å²) in [4.78, 5) is 4.40. The van der Waals surface area contributed by atoms with Gasteiger partial charge in [-0.2, -0.15) is 10.1 Å². The highest BCUT2D eigenvalue weighted by Crippen LogP contribution is 2.23. The van der Waals surface area contributed by atoms with Crippen LogP contribution in [-0.2, 0) is 0 Å². The molecule has 24 heavy (non-hydrogen) atoms. The van der Waals surface area contributed by atoms with Crippen LogP contribution in [0, 0.1) is 0 Å². The van der Waals surface area contributed by atoms with Crippen LogP contribution in [0.4, 0.5) is 5.95 Å². The molecule has 0 saturated carbocycles. The van der Waals surface area contributed by atoms with Crippen molar-refractivity contribution in [2.24, 2.45) is 10.8 Å². The maximum Gasteiger partial charge on any atom is 0.286 e. The Bertz CT molecular complexity index is 876. The second-order valence-corrected chi connectivity index (χ2v) is 5.88. The zero-order valence-electron chi connectivity index (χ0n) is 12.6. The minimum Gasteiger partial charge on any atom is -0.332 e. The molecule has 1 unspecified atom stereocenters. The lowest BCUT2D eigenvalue weighted by Crippen LogP contribution is -2.33. The van der Waals surface area contributed by atoms with Gasteiger partial charge in [0.2, 0.25) is 0 Å². The van der Waals surface area contributed by atoms with Crippen LogP contribution < -0.4 is 10.7 Å². The second-order valence-electron chi connectivity index (χ2n) is 5.45. The van der Waals surface area contributed by atoms with Crippen LogP contribution in [0.5, 0.6) is 0 Å². The number of halogens is 1. The van der Waals surface area contributed by atoms with E-state index in [9.17, 15) is 0 Å². The van der Waals surface area contributed by atoms with Crippen molar-refractivity contribution < 1.29 is 4.52 Å². The minimum atomic E-state index is -0.232. The molecular weight excluding hydrogens is 326 g/mol. The molecule has 2 aromatic carbocycles. The molecular formula is C17H14ClN5O. The van der Waals surface area contributed by atoms with E-state index in [1.54, 1.807) is 5.01 Å². The Balaban J connectivity index is 1.62. The number of nitrogens with two attached hydrogens (primary N) is 1. The molecule has 0 fully saturated rings.